The van der Waals surface area contributed by atoms with Gasteiger partial charge in [0, 0.05) is 24.4 Å². The summed E-state index contributed by atoms with van der Waals surface area (Å²) in [6, 6.07) is -0.900. The number of azide groups is 1. The number of carboxylic acids is 1. The molecular formula is C38H62N12O8. The van der Waals surface area contributed by atoms with E-state index < -0.39 is 77.7 Å². The van der Waals surface area contributed by atoms with Gasteiger partial charge in [-0.05, 0) is 86.6 Å². The van der Waals surface area contributed by atoms with E-state index in [4.69, 9.17) is 22.7 Å². The van der Waals surface area contributed by atoms with E-state index in [-0.39, 0.29) is 69.2 Å². The van der Waals surface area contributed by atoms with Crippen molar-refractivity contribution in [2.24, 2.45) is 39.1 Å². The van der Waals surface area contributed by atoms with Crippen LogP contribution < -0.4 is 38.5 Å². The third-order valence-electron chi connectivity index (χ3n) is 9.95. The van der Waals surface area contributed by atoms with Gasteiger partial charge in [0.05, 0.1) is 0 Å². The van der Waals surface area contributed by atoms with Gasteiger partial charge >= 0.3 is 5.97 Å². The highest BCUT2D eigenvalue weighted by Crippen LogP contribution is 2.21. The third kappa shape index (κ3) is 16.1. The third-order valence-corrected chi connectivity index (χ3v) is 9.95. The number of hydrogen-bond donors (Lipinski definition) is 9. The number of unbranched alkanes of at least 4 members (excludes halogenated alkanes) is 1. The molecule has 322 valence electrons. The van der Waals surface area contributed by atoms with Crippen molar-refractivity contribution in [3.05, 3.63) is 40.3 Å². The largest absolute Gasteiger partial charge is 0.508 e. The molecule has 0 bridgehead atoms. The van der Waals surface area contributed by atoms with E-state index in [9.17, 15) is 39.0 Å². The Labute approximate surface area is 339 Å². The number of aromatic hydroxyl groups is 1. The number of nitrogens with zero attached hydrogens (tertiary/aromatic N) is 5. The molecule has 1 heterocycles. The Hall–Kier alpha value is -5.62. The van der Waals surface area contributed by atoms with Crippen LogP contribution in [0.15, 0.2) is 34.4 Å². The summed E-state index contributed by atoms with van der Waals surface area (Å²) >= 11 is 0. The van der Waals surface area contributed by atoms with Crippen LogP contribution in [0.4, 0.5) is 0 Å². The number of carboxylic acid groups (broad SMARTS) is 1. The number of phenols is 1. The van der Waals surface area contributed by atoms with Gasteiger partial charge < -0.3 is 53.6 Å². The zero-order valence-electron chi connectivity index (χ0n) is 33.9. The fraction of sp³-hybridized carbons (Fsp3) is 0.658. The van der Waals surface area contributed by atoms with Gasteiger partial charge in [-0.3, -0.25) is 29.0 Å². The summed E-state index contributed by atoms with van der Waals surface area (Å²) < 4.78 is 0. The van der Waals surface area contributed by atoms with Gasteiger partial charge in [-0.1, -0.05) is 57.8 Å². The number of nitrogens with two attached hydrogens (primary N) is 3. The number of aliphatic imine (C=N–C) groups is 1. The molecule has 2 rings (SSSR count). The second kappa shape index (κ2) is 24.9. The molecule has 5 amide bonds. The quantitative estimate of drug-likeness (QED) is 0.0167. The van der Waals surface area contributed by atoms with E-state index in [1.165, 1.54) is 17.0 Å². The van der Waals surface area contributed by atoms with Crippen LogP contribution in [0.3, 0.4) is 0 Å². The fourth-order valence-electron chi connectivity index (χ4n) is 6.57. The molecule has 58 heavy (non-hydrogen) atoms. The summed E-state index contributed by atoms with van der Waals surface area (Å²) in [6.45, 7) is 7.90. The number of carbonyl (C=O) groups excluding carboxylic acids is 5. The minimum Gasteiger partial charge on any atom is -0.508 e. The van der Waals surface area contributed by atoms with Crippen molar-refractivity contribution in [1.29, 1.82) is 0 Å². The first kappa shape index (κ1) is 48.5. The van der Waals surface area contributed by atoms with E-state index >= 15 is 0 Å². The smallest absolute Gasteiger partial charge is 0.326 e. The van der Waals surface area contributed by atoms with Crippen LogP contribution in [-0.4, -0.2) is 112 Å². The van der Waals surface area contributed by atoms with Gasteiger partial charge in [0.1, 0.15) is 42.0 Å². The van der Waals surface area contributed by atoms with Crippen LogP contribution in [-0.2, 0) is 35.2 Å². The molecule has 0 spiro atoms. The number of rotatable bonds is 25. The maximum atomic E-state index is 14.2. The maximum absolute atomic E-state index is 14.2. The Morgan fingerprint density at radius 2 is 1.59 bits per heavy atom. The number of benzene rings is 1. The molecule has 1 aliphatic rings. The summed E-state index contributed by atoms with van der Waals surface area (Å²) in [6.07, 6.45) is 2.91. The summed E-state index contributed by atoms with van der Waals surface area (Å²) in [7, 11) is 0. The summed E-state index contributed by atoms with van der Waals surface area (Å²) in [5.74, 6) is -5.15. The summed E-state index contributed by atoms with van der Waals surface area (Å²) in [5, 5.41) is 34.0. The SMILES string of the molecule is CC[C@H](C)[C@@H](NC(=O)[C@@H](Cc1ccc(O)cc1)NC(=O)[C@H]1CCCN1C(=O)[C@@H](CCCN=C(N)N)NC(=O)C(CCCCN)N=[N+]=[N-])C(=O)N[C@H](CC(C)C)C(=O)O. The molecule has 20 heteroatoms. The van der Waals surface area contributed by atoms with Gasteiger partial charge in [0.25, 0.3) is 0 Å². The highest BCUT2D eigenvalue weighted by molar-refractivity contribution is 5.97. The maximum Gasteiger partial charge on any atom is 0.326 e. The van der Waals surface area contributed by atoms with E-state index in [1.54, 1.807) is 19.1 Å². The average Bonchev–Trinajstić information content (AvgIpc) is 3.67. The molecule has 0 saturated carbocycles. The lowest BCUT2D eigenvalue weighted by molar-refractivity contribution is -0.143. The molecule has 0 aliphatic carbocycles. The standard InChI is InChI=1S/C38H62N12O8/c1-5-23(4)31(35(55)46-29(37(57)58)20-22(2)3)47-33(53)28(21-24-13-15-25(51)16-14-24)45-34(54)30-12-9-19-50(30)36(56)27(11-8-18-43-38(40)41)44-32(52)26(48-49-42)10-6-7-17-39/h13-16,22-23,26-31,51H,5-12,17-21,39H2,1-4H3,(H,44,52)(H,45,54)(H,46,55)(H,47,53)(H,57,58)(H4,40,41,43)/t23-,26?,27+,28+,29+,30+,31+/m0/s1. The summed E-state index contributed by atoms with van der Waals surface area (Å²) in [5.41, 5.74) is 26.2. The molecule has 12 N–H and O–H groups in total. The first-order valence-corrected chi connectivity index (χ1v) is 19.8. The van der Waals surface area contributed by atoms with E-state index in [0.29, 0.717) is 37.8 Å². The van der Waals surface area contributed by atoms with Gasteiger partial charge in [0.15, 0.2) is 5.96 Å². The fourth-order valence-corrected chi connectivity index (χ4v) is 6.57. The molecule has 1 unspecified atom stereocenters. The molecule has 1 fully saturated rings. The molecule has 7 atom stereocenters. The number of likely N-dealkylation sites (tertiary alicyclic amines) is 1. The van der Waals surface area contributed by atoms with Crippen molar-refractivity contribution in [3.8, 4) is 5.75 Å². The Morgan fingerprint density at radius 3 is 2.17 bits per heavy atom. The van der Waals surface area contributed by atoms with Gasteiger partial charge in [-0.25, -0.2) is 4.79 Å². The highest BCUT2D eigenvalue weighted by atomic mass is 16.4. The van der Waals surface area contributed by atoms with Crippen molar-refractivity contribution in [2.45, 2.75) is 128 Å². The monoisotopic (exact) mass is 814 g/mol. The Bertz CT molecular complexity index is 1610. The van der Waals surface area contributed by atoms with E-state index in [2.05, 4.69) is 36.3 Å². The molecule has 0 aromatic heterocycles. The second-order valence-electron chi connectivity index (χ2n) is 15.0. The average molecular weight is 815 g/mol. The Balaban J connectivity index is 2.40. The number of phenolic OH excluding ortho intramolecular Hbond substituents is 1. The number of guanidine groups is 1. The minimum atomic E-state index is -1.27. The summed E-state index contributed by atoms with van der Waals surface area (Å²) in [4.78, 5) is 89.2. The normalized spacial score (nSPS) is 16.7. The predicted molar refractivity (Wildman–Crippen MR) is 217 cm³/mol. The lowest BCUT2D eigenvalue weighted by Crippen LogP contribution is -2.60. The molecule has 1 aromatic carbocycles. The number of nitrogens with one attached hydrogen (secondary N) is 4. The van der Waals surface area contributed by atoms with Crippen LogP contribution >= 0.6 is 0 Å². The Morgan fingerprint density at radius 1 is 0.914 bits per heavy atom. The lowest BCUT2D eigenvalue weighted by Gasteiger charge is -2.31. The van der Waals surface area contributed by atoms with Crippen molar-refractivity contribution in [3.63, 3.8) is 0 Å². The molecule has 1 saturated heterocycles. The number of hydrogen-bond acceptors (Lipinski definition) is 10. The van der Waals surface area contributed by atoms with Crippen LogP contribution in [0, 0.1) is 11.8 Å². The number of aliphatic carboxylic acids is 1. The first-order chi connectivity index (χ1) is 27.5. The molecule has 1 aromatic rings. The van der Waals surface area contributed by atoms with Crippen LogP contribution in [0.1, 0.15) is 91.0 Å². The predicted octanol–water partition coefficient (Wildman–Crippen LogP) is 0.903. The molecule has 20 nitrogen and oxygen atoms in total. The van der Waals surface area contributed by atoms with Crippen molar-refractivity contribution in [2.75, 3.05) is 19.6 Å². The van der Waals surface area contributed by atoms with Gasteiger partial charge in [0.2, 0.25) is 29.5 Å². The minimum absolute atomic E-state index is 0.0157. The van der Waals surface area contributed by atoms with Gasteiger partial charge in [-0.2, -0.15) is 0 Å². The topological polar surface area (TPSA) is 333 Å². The molecule has 0 radical (unpaired) electrons. The van der Waals surface area contributed by atoms with Crippen LogP contribution in [0.25, 0.3) is 10.4 Å². The van der Waals surface area contributed by atoms with E-state index in [1.807, 2.05) is 20.8 Å². The van der Waals surface area contributed by atoms with Crippen molar-refractivity contribution >= 4 is 41.5 Å². The first-order valence-electron chi connectivity index (χ1n) is 19.8. The zero-order valence-corrected chi connectivity index (χ0v) is 33.9. The number of carbonyl (C=O) groups is 6. The molecular weight excluding hydrogens is 752 g/mol. The highest BCUT2D eigenvalue weighted by Gasteiger charge is 2.40. The Kier molecular flexibility index (Phi) is 20.8. The lowest BCUT2D eigenvalue weighted by atomic mass is 9.96. The van der Waals surface area contributed by atoms with Crippen molar-refractivity contribution in [1.82, 2.24) is 26.2 Å². The number of amides is 5. The second-order valence-corrected chi connectivity index (χ2v) is 15.0. The van der Waals surface area contributed by atoms with Crippen molar-refractivity contribution < 1.29 is 39.0 Å². The van der Waals surface area contributed by atoms with E-state index in [0.717, 1.165) is 0 Å². The van der Waals surface area contributed by atoms with Gasteiger partial charge in [-0.15, -0.1) is 0 Å². The van der Waals surface area contributed by atoms with Crippen LogP contribution in [0.2, 0.25) is 0 Å². The van der Waals surface area contributed by atoms with Crippen LogP contribution in [0.5, 0.6) is 5.75 Å². The molecule has 1 aliphatic heterocycles. The zero-order chi connectivity index (χ0) is 43.4.